The lowest BCUT2D eigenvalue weighted by atomic mass is 9.88. The quantitative estimate of drug-likeness (QED) is 0.802. The number of rotatable bonds is 4. The van der Waals surface area contributed by atoms with Crippen molar-refractivity contribution in [3.8, 4) is 0 Å². The third-order valence-electron chi connectivity index (χ3n) is 3.97. The van der Waals surface area contributed by atoms with Crippen molar-refractivity contribution >= 4 is 21.7 Å². The van der Waals surface area contributed by atoms with Gasteiger partial charge in [0.25, 0.3) is 0 Å². The van der Waals surface area contributed by atoms with Crippen molar-refractivity contribution in [3.63, 3.8) is 0 Å². The van der Waals surface area contributed by atoms with Gasteiger partial charge in [-0.15, -0.1) is 0 Å². The Bertz CT molecular complexity index is 472. The Labute approximate surface area is 112 Å². The summed E-state index contributed by atoms with van der Waals surface area (Å²) in [4.78, 5) is 24.5. The van der Waals surface area contributed by atoms with E-state index in [4.69, 9.17) is 5.11 Å². The highest BCUT2D eigenvalue weighted by atomic mass is 32.2. The average molecular weight is 289 g/mol. The number of hydrogen-bond acceptors (Lipinski definition) is 4. The maximum atomic E-state index is 12.0. The zero-order valence-electron chi connectivity index (χ0n) is 10.9. The molecule has 0 aromatic rings. The van der Waals surface area contributed by atoms with E-state index in [-0.39, 0.29) is 30.3 Å². The van der Waals surface area contributed by atoms with E-state index in [2.05, 4.69) is 0 Å². The Balaban J connectivity index is 2.03. The van der Waals surface area contributed by atoms with E-state index in [9.17, 15) is 18.0 Å². The molecule has 2 unspecified atom stereocenters. The van der Waals surface area contributed by atoms with Crippen molar-refractivity contribution in [2.45, 2.75) is 44.2 Å². The molecule has 2 bridgehead atoms. The van der Waals surface area contributed by atoms with Gasteiger partial charge >= 0.3 is 5.97 Å². The fraction of sp³-hybridized carbons (Fsp3) is 0.833. The van der Waals surface area contributed by atoms with Gasteiger partial charge in [0.2, 0.25) is 5.91 Å². The smallest absolute Gasteiger partial charge is 0.303 e. The molecule has 0 saturated carbocycles. The van der Waals surface area contributed by atoms with Crippen LogP contribution in [-0.4, -0.2) is 54.4 Å². The van der Waals surface area contributed by atoms with Gasteiger partial charge in [-0.2, -0.15) is 0 Å². The molecule has 2 heterocycles. The average Bonchev–Trinajstić information content (AvgIpc) is 2.47. The summed E-state index contributed by atoms with van der Waals surface area (Å²) >= 11 is 0. The molecule has 0 aromatic carbocycles. The standard InChI is InChI=1S/C12H19NO5S/c1-19(17,18)7-11(14)13-9-2-3-10(13)5-8(4-9)6-12(15)16/h8-10H,2-7H2,1H3,(H,15,16). The van der Waals surface area contributed by atoms with Crippen LogP contribution >= 0.6 is 0 Å². The maximum absolute atomic E-state index is 12.0. The molecule has 1 N–H and O–H groups in total. The van der Waals surface area contributed by atoms with E-state index < -0.39 is 21.6 Å². The summed E-state index contributed by atoms with van der Waals surface area (Å²) in [6.45, 7) is 0. The molecule has 2 atom stereocenters. The van der Waals surface area contributed by atoms with Crippen LogP contribution in [0.1, 0.15) is 32.1 Å². The summed E-state index contributed by atoms with van der Waals surface area (Å²) in [5.41, 5.74) is 0. The lowest BCUT2D eigenvalue weighted by Crippen LogP contribution is -2.48. The summed E-state index contributed by atoms with van der Waals surface area (Å²) < 4.78 is 22.4. The second-order valence-electron chi connectivity index (χ2n) is 5.69. The minimum atomic E-state index is -3.31. The molecule has 2 aliphatic rings. The summed E-state index contributed by atoms with van der Waals surface area (Å²) in [5.74, 6) is -1.47. The largest absolute Gasteiger partial charge is 0.481 e. The van der Waals surface area contributed by atoms with Gasteiger partial charge in [-0.05, 0) is 31.6 Å². The molecule has 0 radical (unpaired) electrons. The maximum Gasteiger partial charge on any atom is 0.303 e. The predicted molar refractivity (Wildman–Crippen MR) is 68.3 cm³/mol. The first kappa shape index (κ1) is 14.3. The minimum Gasteiger partial charge on any atom is -0.481 e. The number of carboxylic acid groups (broad SMARTS) is 1. The Kier molecular flexibility index (Phi) is 3.85. The molecule has 0 spiro atoms. The van der Waals surface area contributed by atoms with Crippen molar-refractivity contribution in [2.75, 3.05) is 12.0 Å². The molecule has 108 valence electrons. The van der Waals surface area contributed by atoms with E-state index in [0.717, 1.165) is 19.1 Å². The molecular weight excluding hydrogens is 270 g/mol. The number of aliphatic carboxylic acids is 1. The zero-order chi connectivity index (χ0) is 14.2. The highest BCUT2D eigenvalue weighted by Gasteiger charge is 2.43. The lowest BCUT2D eigenvalue weighted by Gasteiger charge is -2.38. The summed E-state index contributed by atoms with van der Waals surface area (Å²) in [5, 5.41) is 8.83. The van der Waals surface area contributed by atoms with E-state index in [1.165, 1.54) is 0 Å². The second-order valence-corrected chi connectivity index (χ2v) is 7.83. The molecule has 2 rings (SSSR count). The van der Waals surface area contributed by atoms with Gasteiger partial charge in [0, 0.05) is 24.8 Å². The first-order valence-electron chi connectivity index (χ1n) is 6.47. The number of sulfone groups is 1. The molecule has 2 saturated heterocycles. The van der Waals surface area contributed by atoms with Gasteiger partial charge in [-0.25, -0.2) is 8.42 Å². The number of fused-ring (bicyclic) bond motifs is 2. The molecule has 1 amide bonds. The molecule has 2 fully saturated rings. The Morgan fingerprint density at radius 3 is 2.16 bits per heavy atom. The summed E-state index contributed by atoms with van der Waals surface area (Å²) in [6.07, 6.45) is 4.27. The molecule has 0 aliphatic carbocycles. The van der Waals surface area contributed by atoms with Crippen molar-refractivity contribution in [3.05, 3.63) is 0 Å². The predicted octanol–water partition coefficient (Wildman–Crippen LogP) is 0.275. The number of carbonyl (C=O) groups is 2. The molecule has 2 aliphatic heterocycles. The number of carbonyl (C=O) groups excluding carboxylic acids is 1. The fourth-order valence-electron chi connectivity index (χ4n) is 3.41. The van der Waals surface area contributed by atoms with Crippen molar-refractivity contribution in [1.82, 2.24) is 4.90 Å². The minimum absolute atomic E-state index is 0.0253. The van der Waals surface area contributed by atoms with Crippen LogP contribution in [0, 0.1) is 5.92 Å². The third-order valence-corrected chi connectivity index (χ3v) is 4.74. The Hall–Kier alpha value is -1.11. The third kappa shape index (κ3) is 3.46. The first-order chi connectivity index (χ1) is 8.76. The zero-order valence-corrected chi connectivity index (χ0v) is 11.7. The van der Waals surface area contributed by atoms with Crippen LogP contribution < -0.4 is 0 Å². The lowest BCUT2D eigenvalue weighted by molar-refractivity contribution is -0.139. The normalized spacial score (nSPS) is 30.4. The van der Waals surface area contributed by atoms with Gasteiger partial charge in [0.1, 0.15) is 5.75 Å². The Morgan fingerprint density at radius 2 is 1.74 bits per heavy atom. The number of nitrogens with zero attached hydrogens (tertiary/aromatic N) is 1. The van der Waals surface area contributed by atoms with Crippen LogP contribution in [0.15, 0.2) is 0 Å². The van der Waals surface area contributed by atoms with Gasteiger partial charge in [0.05, 0.1) is 0 Å². The van der Waals surface area contributed by atoms with Crippen LogP contribution in [0.3, 0.4) is 0 Å². The van der Waals surface area contributed by atoms with Crippen LogP contribution in [0.4, 0.5) is 0 Å². The Morgan fingerprint density at radius 1 is 1.21 bits per heavy atom. The second kappa shape index (κ2) is 5.11. The van der Waals surface area contributed by atoms with Crippen molar-refractivity contribution in [2.24, 2.45) is 5.92 Å². The van der Waals surface area contributed by atoms with E-state index in [1.54, 1.807) is 4.90 Å². The van der Waals surface area contributed by atoms with Crippen LogP contribution in [0.5, 0.6) is 0 Å². The van der Waals surface area contributed by atoms with Gasteiger partial charge in [-0.1, -0.05) is 0 Å². The molecular formula is C12H19NO5S. The van der Waals surface area contributed by atoms with Crippen molar-refractivity contribution < 1.29 is 23.1 Å². The molecule has 0 aromatic heterocycles. The number of hydrogen-bond donors (Lipinski definition) is 1. The number of carboxylic acids is 1. The molecule has 7 heteroatoms. The van der Waals surface area contributed by atoms with Gasteiger partial charge < -0.3 is 10.0 Å². The van der Waals surface area contributed by atoms with Gasteiger partial charge in [0.15, 0.2) is 9.84 Å². The number of amides is 1. The van der Waals surface area contributed by atoms with Gasteiger partial charge in [-0.3, -0.25) is 9.59 Å². The van der Waals surface area contributed by atoms with E-state index >= 15 is 0 Å². The van der Waals surface area contributed by atoms with Crippen molar-refractivity contribution in [1.29, 1.82) is 0 Å². The fourth-order valence-corrected chi connectivity index (χ4v) is 4.01. The summed E-state index contributed by atoms with van der Waals surface area (Å²) in [6, 6.07) is 0.0506. The monoisotopic (exact) mass is 289 g/mol. The molecule has 19 heavy (non-hydrogen) atoms. The van der Waals surface area contributed by atoms with Crippen LogP contribution in [0.25, 0.3) is 0 Å². The van der Waals surface area contributed by atoms with Crippen LogP contribution in [0.2, 0.25) is 0 Å². The summed E-state index contributed by atoms with van der Waals surface area (Å²) in [7, 11) is -3.31. The topological polar surface area (TPSA) is 91.8 Å². The molecule has 6 nitrogen and oxygen atoms in total. The van der Waals surface area contributed by atoms with Crippen LogP contribution in [-0.2, 0) is 19.4 Å². The highest BCUT2D eigenvalue weighted by molar-refractivity contribution is 7.91. The van der Waals surface area contributed by atoms with E-state index in [1.807, 2.05) is 0 Å². The highest BCUT2D eigenvalue weighted by Crippen LogP contribution is 2.39. The van der Waals surface area contributed by atoms with E-state index in [0.29, 0.717) is 12.8 Å². The first-order valence-corrected chi connectivity index (χ1v) is 8.53. The number of piperidine rings is 1. The SMILES string of the molecule is CS(=O)(=O)CC(=O)N1C2CCC1CC(CC(=O)O)C2.